The van der Waals surface area contributed by atoms with E-state index >= 15 is 0 Å². The molecule has 33 heavy (non-hydrogen) atoms. The van der Waals surface area contributed by atoms with E-state index in [-0.39, 0.29) is 16.3 Å². The molecule has 0 unspecified atom stereocenters. The summed E-state index contributed by atoms with van der Waals surface area (Å²) >= 11 is 14.6. The molecule has 1 aromatic heterocycles. The summed E-state index contributed by atoms with van der Waals surface area (Å²) in [6.07, 6.45) is 0. The first-order valence-electron chi connectivity index (χ1n) is 10.0. The van der Waals surface area contributed by atoms with Gasteiger partial charge in [-0.1, -0.05) is 70.9 Å². The highest BCUT2D eigenvalue weighted by molar-refractivity contribution is 7.98. The molecule has 0 saturated carbocycles. The zero-order valence-electron chi connectivity index (χ0n) is 17.3. The molecule has 0 spiro atoms. The van der Waals surface area contributed by atoms with Crippen LogP contribution in [0.25, 0.3) is 10.2 Å². The third kappa shape index (κ3) is 6.01. The molecule has 0 bridgehead atoms. The molecule has 0 atom stereocenters. The third-order valence-corrected chi connectivity index (χ3v) is 9.09. The van der Waals surface area contributed by atoms with Gasteiger partial charge in [-0.2, -0.15) is 11.8 Å². The number of hydrogen-bond donors (Lipinski definition) is 1. The van der Waals surface area contributed by atoms with E-state index in [1.807, 2.05) is 42.5 Å². The normalized spacial score (nSPS) is 11.8. The van der Waals surface area contributed by atoms with E-state index in [1.165, 1.54) is 0 Å². The maximum absolute atomic E-state index is 12.7. The first-order valence-corrected chi connectivity index (χ1v) is 14.2. The number of hydrogen-bond acceptors (Lipinski definition) is 5. The molecule has 0 aliphatic rings. The number of fused-ring (bicyclic) bond motifs is 1. The lowest BCUT2D eigenvalue weighted by Crippen LogP contribution is -2.26. The Kier molecular flexibility index (Phi) is 7.83. The number of nitrogens with one attached hydrogen (secondary N) is 1. The Balaban J connectivity index is 1.39. The second kappa shape index (κ2) is 10.6. The summed E-state index contributed by atoms with van der Waals surface area (Å²) in [6, 6.07) is 20.0. The van der Waals surface area contributed by atoms with E-state index in [0.717, 1.165) is 28.0 Å². The van der Waals surface area contributed by atoms with Crippen molar-refractivity contribution in [2.45, 2.75) is 17.2 Å². The highest BCUT2D eigenvalue weighted by Crippen LogP contribution is 2.25. The van der Waals surface area contributed by atoms with Crippen molar-refractivity contribution in [1.82, 2.24) is 9.29 Å². The Morgan fingerprint density at radius 2 is 1.73 bits per heavy atom. The lowest BCUT2D eigenvalue weighted by molar-refractivity contribution is 0.584. The van der Waals surface area contributed by atoms with Gasteiger partial charge in [-0.25, -0.2) is 13.1 Å². The third-order valence-electron chi connectivity index (χ3n) is 4.92. The van der Waals surface area contributed by atoms with Crippen LogP contribution in [0.15, 0.2) is 76.4 Å². The van der Waals surface area contributed by atoms with Crippen molar-refractivity contribution >= 4 is 66.5 Å². The predicted molar refractivity (Wildman–Crippen MR) is 139 cm³/mol. The van der Waals surface area contributed by atoms with Gasteiger partial charge in [0, 0.05) is 18.1 Å². The number of aromatic nitrogens is 1. The fourth-order valence-corrected chi connectivity index (χ4v) is 6.60. The standard InChI is InChI=1S/C23H20Cl2N2O3S3/c24-19-8-6-17(12-20(19)25)15-31-11-10-26-33(29,30)18-7-9-21-22(13-18)32-23(28)27(21)14-16-4-2-1-3-5-16/h1-9,12-13,26H,10-11,14-15H2. The van der Waals surface area contributed by atoms with Crippen LogP contribution in [0.3, 0.4) is 0 Å². The van der Waals surface area contributed by atoms with Crippen LogP contribution in [0.1, 0.15) is 11.1 Å². The molecule has 0 fully saturated rings. The van der Waals surface area contributed by atoms with E-state index in [4.69, 9.17) is 23.2 Å². The lowest BCUT2D eigenvalue weighted by Gasteiger charge is -2.08. The first-order chi connectivity index (χ1) is 15.8. The maximum Gasteiger partial charge on any atom is 0.308 e. The van der Waals surface area contributed by atoms with Crippen molar-refractivity contribution in [2.75, 3.05) is 12.3 Å². The number of benzene rings is 3. The van der Waals surface area contributed by atoms with Gasteiger partial charge in [0.1, 0.15) is 0 Å². The molecule has 0 saturated heterocycles. The van der Waals surface area contributed by atoms with Gasteiger partial charge in [-0.3, -0.25) is 9.36 Å². The summed E-state index contributed by atoms with van der Waals surface area (Å²) in [5.41, 5.74) is 2.76. The van der Waals surface area contributed by atoms with Crippen molar-refractivity contribution in [3.05, 3.63) is 97.6 Å². The second-order valence-electron chi connectivity index (χ2n) is 7.27. The number of nitrogens with zero attached hydrogens (tertiary/aromatic N) is 1. The molecule has 0 radical (unpaired) electrons. The zero-order chi connectivity index (χ0) is 23.4. The summed E-state index contributed by atoms with van der Waals surface area (Å²) in [5, 5.41) is 1.02. The van der Waals surface area contributed by atoms with Gasteiger partial charge in [-0.05, 0) is 41.5 Å². The van der Waals surface area contributed by atoms with Crippen molar-refractivity contribution in [3.8, 4) is 0 Å². The monoisotopic (exact) mass is 538 g/mol. The second-order valence-corrected chi connectivity index (χ2v) is 11.9. The van der Waals surface area contributed by atoms with E-state index in [0.29, 0.717) is 32.8 Å². The summed E-state index contributed by atoms with van der Waals surface area (Å²) in [4.78, 5) is 12.5. The smallest absolute Gasteiger partial charge is 0.294 e. The molecular weight excluding hydrogens is 519 g/mol. The topological polar surface area (TPSA) is 68.2 Å². The fourth-order valence-electron chi connectivity index (χ4n) is 3.28. The first kappa shape index (κ1) is 24.3. The van der Waals surface area contributed by atoms with Gasteiger partial charge in [0.2, 0.25) is 10.0 Å². The summed E-state index contributed by atoms with van der Waals surface area (Å²) in [6.45, 7) is 0.734. The molecule has 1 heterocycles. The molecule has 10 heteroatoms. The Hall–Kier alpha value is -1.81. The molecule has 0 aliphatic carbocycles. The molecule has 172 valence electrons. The van der Waals surface area contributed by atoms with Crippen LogP contribution in [0.4, 0.5) is 0 Å². The van der Waals surface area contributed by atoms with Crippen LogP contribution in [0.5, 0.6) is 0 Å². The molecule has 4 aromatic rings. The Morgan fingerprint density at radius 3 is 2.48 bits per heavy atom. The molecule has 0 aliphatic heterocycles. The lowest BCUT2D eigenvalue weighted by atomic mass is 10.2. The minimum Gasteiger partial charge on any atom is -0.294 e. The Morgan fingerprint density at radius 1 is 0.939 bits per heavy atom. The molecule has 0 amide bonds. The largest absolute Gasteiger partial charge is 0.308 e. The number of thiazole rings is 1. The van der Waals surface area contributed by atoms with Crippen LogP contribution in [0, 0.1) is 0 Å². The number of halogens is 2. The minimum atomic E-state index is -3.68. The van der Waals surface area contributed by atoms with E-state index in [9.17, 15) is 13.2 Å². The van der Waals surface area contributed by atoms with Gasteiger partial charge in [0.25, 0.3) is 0 Å². The summed E-state index contributed by atoms with van der Waals surface area (Å²) in [5.74, 6) is 1.30. The van der Waals surface area contributed by atoms with Gasteiger partial charge in [-0.15, -0.1) is 0 Å². The molecule has 4 rings (SSSR count). The highest BCUT2D eigenvalue weighted by atomic mass is 35.5. The van der Waals surface area contributed by atoms with E-state index in [2.05, 4.69) is 4.72 Å². The van der Waals surface area contributed by atoms with Gasteiger partial charge >= 0.3 is 4.87 Å². The SMILES string of the molecule is O=c1sc2cc(S(=O)(=O)NCCSCc3ccc(Cl)c(Cl)c3)ccc2n1Cc1ccccc1. The van der Waals surface area contributed by atoms with Gasteiger partial charge < -0.3 is 0 Å². The summed E-state index contributed by atoms with van der Waals surface area (Å²) < 4.78 is 30.4. The van der Waals surface area contributed by atoms with Crippen molar-refractivity contribution in [1.29, 1.82) is 0 Å². The molecule has 3 aromatic carbocycles. The average molecular weight is 540 g/mol. The van der Waals surface area contributed by atoms with Crippen molar-refractivity contribution < 1.29 is 8.42 Å². The van der Waals surface area contributed by atoms with Gasteiger partial charge in [0.15, 0.2) is 0 Å². The van der Waals surface area contributed by atoms with Crippen LogP contribution in [0.2, 0.25) is 10.0 Å². The van der Waals surface area contributed by atoms with Crippen molar-refractivity contribution in [2.24, 2.45) is 0 Å². The maximum atomic E-state index is 12.7. The quantitative estimate of drug-likeness (QED) is 0.280. The highest BCUT2D eigenvalue weighted by Gasteiger charge is 2.16. The average Bonchev–Trinajstić information content (AvgIpc) is 3.11. The van der Waals surface area contributed by atoms with Crippen LogP contribution in [-0.2, 0) is 22.3 Å². The zero-order valence-corrected chi connectivity index (χ0v) is 21.3. The van der Waals surface area contributed by atoms with E-state index in [1.54, 1.807) is 40.6 Å². The fraction of sp³-hybridized carbons (Fsp3) is 0.174. The molecular formula is C23H20Cl2N2O3S3. The van der Waals surface area contributed by atoms with Crippen LogP contribution < -0.4 is 9.60 Å². The summed E-state index contributed by atoms with van der Waals surface area (Å²) in [7, 11) is -3.68. The predicted octanol–water partition coefficient (Wildman–Crippen LogP) is 5.63. The van der Waals surface area contributed by atoms with Gasteiger partial charge in [0.05, 0.1) is 31.7 Å². The van der Waals surface area contributed by atoms with Crippen LogP contribution >= 0.6 is 46.3 Å². The Labute approximate surface area is 210 Å². The number of thioether (sulfide) groups is 1. The molecule has 1 N–H and O–H groups in total. The van der Waals surface area contributed by atoms with E-state index < -0.39 is 10.0 Å². The molecule has 5 nitrogen and oxygen atoms in total. The van der Waals surface area contributed by atoms with Crippen molar-refractivity contribution in [3.63, 3.8) is 0 Å². The number of sulfonamides is 1. The Bertz CT molecular complexity index is 1430. The minimum absolute atomic E-state index is 0.116. The van der Waals surface area contributed by atoms with Crippen LogP contribution in [-0.4, -0.2) is 25.3 Å². The number of rotatable bonds is 9.